The van der Waals surface area contributed by atoms with Gasteiger partial charge in [0.25, 0.3) is 5.91 Å². The summed E-state index contributed by atoms with van der Waals surface area (Å²) < 4.78 is 5.01. The molecule has 0 saturated carbocycles. The largest absolute Gasteiger partial charge is 0.504 e. The number of nitrogens with zero attached hydrogens (tertiary/aromatic N) is 1. The molecule has 114 valence electrons. The Morgan fingerprint density at radius 2 is 2.00 bits per heavy atom. The Hall–Kier alpha value is -1.75. The monoisotopic (exact) mass is 290 g/mol. The molecule has 2 heterocycles. The zero-order chi connectivity index (χ0) is 15.0. The summed E-state index contributed by atoms with van der Waals surface area (Å²) in [4.78, 5) is 14.4. The fraction of sp³-hybridized carbons (Fsp3) is 0.562. The second-order valence-electron chi connectivity index (χ2n) is 6.07. The first-order chi connectivity index (χ1) is 10.1. The first kappa shape index (κ1) is 14.2. The standard InChI is InChI=1S/C16H22N2O3/c1-18(13-8-11-4-5-12(9-13)17-11)16(20)10-3-6-15(21-2)14(19)7-10/h3,6-7,11-13,17,19H,4-5,8-9H2,1-2H3. The van der Waals surface area contributed by atoms with Crippen molar-refractivity contribution in [2.24, 2.45) is 0 Å². The minimum Gasteiger partial charge on any atom is -0.504 e. The van der Waals surface area contributed by atoms with Crippen LogP contribution in [0.1, 0.15) is 36.0 Å². The number of piperidine rings is 1. The molecule has 21 heavy (non-hydrogen) atoms. The molecule has 2 atom stereocenters. The van der Waals surface area contributed by atoms with Gasteiger partial charge in [-0.05, 0) is 43.9 Å². The highest BCUT2D eigenvalue weighted by Gasteiger charge is 2.36. The molecule has 2 bridgehead atoms. The van der Waals surface area contributed by atoms with Gasteiger partial charge in [0, 0.05) is 30.7 Å². The van der Waals surface area contributed by atoms with E-state index in [-0.39, 0.29) is 17.7 Å². The molecule has 2 N–H and O–H groups in total. The summed E-state index contributed by atoms with van der Waals surface area (Å²) in [5.74, 6) is 0.343. The topological polar surface area (TPSA) is 61.8 Å². The predicted molar refractivity (Wildman–Crippen MR) is 79.7 cm³/mol. The third-order valence-corrected chi connectivity index (χ3v) is 4.74. The molecule has 2 unspecified atom stereocenters. The van der Waals surface area contributed by atoms with Gasteiger partial charge in [-0.25, -0.2) is 0 Å². The summed E-state index contributed by atoms with van der Waals surface area (Å²) in [5, 5.41) is 13.4. The van der Waals surface area contributed by atoms with Gasteiger partial charge in [0.2, 0.25) is 0 Å². The van der Waals surface area contributed by atoms with Crippen molar-refractivity contribution in [3.05, 3.63) is 23.8 Å². The molecule has 5 heteroatoms. The number of aromatic hydroxyl groups is 1. The van der Waals surface area contributed by atoms with Crippen LogP contribution in [0.2, 0.25) is 0 Å². The van der Waals surface area contributed by atoms with Crippen LogP contribution in [0.4, 0.5) is 0 Å². The Bertz CT molecular complexity index is 534. The van der Waals surface area contributed by atoms with Crippen LogP contribution in [-0.4, -0.2) is 48.2 Å². The van der Waals surface area contributed by atoms with E-state index in [2.05, 4.69) is 5.32 Å². The molecule has 1 aromatic rings. The van der Waals surface area contributed by atoms with Gasteiger partial charge in [-0.1, -0.05) is 0 Å². The minimum atomic E-state index is -0.0424. The normalized spacial score (nSPS) is 27.4. The molecule has 0 spiro atoms. The fourth-order valence-corrected chi connectivity index (χ4v) is 3.54. The van der Waals surface area contributed by atoms with Crippen LogP contribution in [0.25, 0.3) is 0 Å². The van der Waals surface area contributed by atoms with Crippen molar-refractivity contribution >= 4 is 5.91 Å². The number of rotatable bonds is 3. The molecule has 3 rings (SSSR count). The molecule has 0 aliphatic carbocycles. The minimum absolute atomic E-state index is 0.00197. The van der Waals surface area contributed by atoms with Gasteiger partial charge in [-0.3, -0.25) is 4.79 Å². The number of phenolic OH excluding ortho intramolecular Hbond substituents is 1. The number of methoxy groups -OCH3 is 1. The van der Waals surface area contributed by atoms with Crippen LogP contribution in [0, 0.1) is 0 Å². The van der Waals surface area contributed by atoms with E-state index in [1.54, 1.807) is 12.1 Å². The molecule has 2 aliphatic heterocycles. The van der Waals surface area contributed by atoms with Gasteiger partial charge in [-0.2, -0.15) is 0 Å². The molecule has 1 aromatic carbocycles. The van der Waals surface area contributed by atoms with E-state index in [0.717, 1.165) is 12.8 Å². The van der Waals surface area contributed by atoms with Crippen LogP contribution >= 0.6 is 0 Å². The lowest BCUT2D eigenvalue weighted by atomic mass is 9.98. The molecule has 0 aromatic heterocycles. The highest BCUT2D eigenvalue weighted by Crippen LogP contribution is 2.31. The van der Waals surface area contributed by atoms with Gasteiger partial charge in [0.15, 0.2) is 11.5 Å². The predicted octanol–water partition coefficient (Wildman–Crippen LogP) is 1.76. The summed E-state index contributed by atoms with van der Waals surface area (Å²) in [6.07, 6.45) is 4.46. The number of amides is 1. The van der Waals surface area contributed by atoms with Gasteiger partial charge in [0.1, 0.15) is 0 Å². The summed E-state index contributed by atoms with van der Waals surface area (Å²) >= 11 is 0. The van der Waals surface area contributed by atoms with Crippen LogP contribution < -0.4 is 10.1 Å². The Kier molecular flexibility index (Phi) is 3.76. The van der Waals surface area contributed by atoms with Crippen molar-refractivity contribution in [1.82, 2.24) is 10.2 Å². The summed E-state index contributed by atoms with van der Waals surface area (Å²) in [5.41, 5.74) is 0.502. The Balaban J connectivity index is 1.73. The van der Waals surface area contributed by atoms with E-state index >= 15 is 0 Å². The van der Waals surface area contributed by atoms with Crippen molar-refractivity contribution in [1.29, 1.82) is 0 Å². The number of ether oxygens (including phenoxy) is 1. The zero-order valence-electron chi connectivity index (χ0n) is 12.5. The number of hydrogen-bond acceptors (Lipinski definition) is 4. The van der Waals surface area contributed by atoms with Crippen LogP contribution in [0.5, 0.6) is 11.5 Å². The Morgan fingerprint density at radius 1 is 1.33 bits per heavy atom. The van der Waals surface area contributed by atoms with Crippen LogP contribution in [0.15, 0.2) is 18.2 Å². The van der Waals surface area contributed by atoms with Gasteiger partial charge >= 0.3 is 0 Å². The van der Waals surface area contributed by atoms with Gasteiger partial charge < -0.3 is 20.1 Å². The number of carbonyl (C=O) groups excluding carboxylic acids is 1. The lowest BCUT2D eigenvalue weighted by Gasteiger charge is -2.35. The SMILES string of the molecule is COc1ccc(C(=O)N(C)C2CC3CCC(C2)N3)cc1O. The van der Waals surface area contributed by atoms with E-state index in [1.807, 2.05) is 11.9 Å². The average molecular weight is 290 g/mol. The van der Waals surface area contributed by atoms with Crippen molar-refractivity contribution in [3.8, 4) is 11.5 Å². The Labute approximate surface area is 124 Å². The summed E-state index contributed by atoms with van der Waals surface area (Å²) in [6, 6.07) is 6.19. The van der Waals surface area contributed by atoms with E-state index in [1.165, 1.54) is 26.0 Å². The van der Waals surface area contributed by atoms with Gasteiger partial charge in [-0.15, -0.1) is 0 Å². The van der Waals surface area contributed by atoms with Crippen molar-refractivity contribution in [2.75, 3.05) is 14.2 Å². The molecule has 1 amide bonds. The number of carbonyl (C=O) groups is 1. The van der Waals surface area contributed by atoms with Crippen molar-refractivity contribution in [2.45, 2.75) is 43.8 Å². The second-order valence-corrected chi connectivity index (χ2v) is 6.07. The highest BCUT2D eigenvalue weighted by atomic mass is 16.5. The summed E-state index contributed by atoms with van der Waals surface area (Å²) in [6.45, 7) is 0. The lowest BCUT2D eigenvalue weighted by Crippen LogP contribution is -2.48. The smallest absolute Gasteiger partial charge is 0.253 e. The van der Waals surface area contributed by atoms with E-state index in [0.29, 0.717) is 23.4 Å². The maximum Gasteiger partial charge on any atom is 0.253 e. The van der Waals surface area contributed by atoms with E-state index in [9.17, 15) is 9.90 Å². The maximum atomic E-state index is 12.6. The quantitative estimate of drug-likeness (QED) is 0.890. The molecule has 0 radical (unpaired) electrons. The first-order valence-electron chi connectivity index (χ1n) is 7.48. The van der Waals surface area contributed by atoms with Crippen molar-refractivity contribution in [3.63, 3.8) is 0 Å². The number of benzene rings is 1. The zero-order valence-corrected chi connectivity index (χ0v) is 12.5. The average Bonchev–Trinajstić information content (AvgIpc) is 2.84. The van der Waals surface area contributed by atoms with Gasteiger partial charge in [0.05, 0.1) is 7.11 Å². The molecule has 2 saturated heterocycles. The molecule has 5 nitrogen and oxygen atoms in total. The molecule has 2 aliphatic rings. The van der Waals surface area contributed by atoms with E-state index < -0.39 is 0 Å². The molecular weight excluding hydrogens is 268 g/mol. The first-order valence-corrected chi connectivity index (χ1v) is 7.48. The number of hydrogen-bond donors (Lipinski definition) is 2. The second kappa shape index (κ2) is 5.56. The molecular formula is C16H22N2O3. The number of fused-ring (bicyclic) bond motifs is 2. The maximum absolute atomic E-state index is 12.6. The Morgan fingerprint density at radius 3 is 2.57 bits per heavy atom. The highest BCUT2D eigenvalue weighted by molar-refractivity contribution is 5.95. The van der Waals surface area contributed by atoms with Crippen LogP contribution in [-0.2, 0) is 0 Å². The third-order valence-electron chi connectivity index (χ3n) is 4.74. The summed E-state index contributed by atoms with van der Waals surface area (Å²) in [7, 11) is 3.35. The number of nitrogens with one attached hydrogen (secondary N) is 1. The molecule has 2 fully saturated rings. The fourth-order valence-electron chi connectivity index (χ4n) is 3.54. The van der Waals surface area contributed by atoms with E-state index in [4.69, 9.17) is 4.74 Å². The third kappa shape index (κ3) is 2.70. The lowest BCUT2D eigenvalue weighted by molar-refractivity contribution is 0.0681. The number of phenols is 1. The van der Waals surface area contributed by atoms with Crippen LogP contribution in [0.3, 0.4) is 0 Å². The van der Waals surface area contributed by atoms with Crippen molar-refractivity contribution < 1.29 is 14.6 Å².